The van der Waals surface area contributed by atoms with Crippen LogP contribution in [0, 0.1) is 0 Å². The van der Waals surface area contributed by atoms with E-state index < -0.39 is 6.04 Å². The van der Waals surface area contributed by atoms with Gasteiger partial charge in [0.2, 0.25) is 5.91 Å². The molecule has 2 aromatic carbocycles. The zero-order valence-electron chi connectivity index (χ0n) is 10.5. The van der Waals surface area contributed by atoms with Gasteiger partial charge in [-0.15, -0.1) is 0 Å². The molecule has 3 heteroatoms. The number of nitrogens with two attached hydrogens (primary N) is 1. The Morgan fingerprint density at radius 1 is 1.00 bits per heavy atom. The van der Waals surface area contributed by atoms with E-state index in [1.165, 1.54) is 0 Å². The van der Waals surface area contributed by atoms with Crippen molar-refractivity contribution in [1.29, 1.82) is 0 Å². The van der Waals surface area contributed by atoms with Crippen molar-refractivity contribution in [1.82, 2.24) is 0 Å². The molecule has 3 nitrogen and oxygen atoms in total. The molecule has 1 heterocycles. The lowest BCUT2D eigenvalue weighted by Crippen LogP contribution is -2.39. The molecule has 0 spiro atoms. The first-order valence-corrected chi connectivity index (χ1v) is 6.45. The summed E-state index contributed by atoms with van der Waals surface area (Å²) in [5.74, 6) is -0.0938. The maximum Gasteiger partial charge on any atom is 0.241 e. The van der Waals surface area contributed by atoms with Crippen molar-refractivity contribution in [3.8, 4) is 0 Å². The second-order valence-corrected chi connectivity index (χ2v) is 4.89. The summed E-state index contributed by atoms with van der Waals surface area (Å²) in [6.45, 7) is 0. The summed E-state index contributed by atoms with van der Waals surface area (Å²) in [6, 6.07) is 17.4. The topological polar surface area (TPSA) is 55.1 Å². The van der Waals surface area contributed by atoms with E-state index in [1.807, 2.05) is 54.6 Å². The molecule has 19 heavy (non-hydrogen) atoms. The van der Waals surface area contributed by atoms with E-state index in [2.05, 4.69) is 5.32 Å². The number of amides is 1. The van der Waals surface area contributed by atoms with Crippen molar-refractivity contribution in [2.24, 2.45) is 5.73 Å². The van der Waals surface area contributed by atoms with Crippen LogP contribution in [0.1, 0.15) is 17.0 Å². The quantitative estimate of drug-likeness (QED) is 0.818. The maximum atomic E-state index is 12.1. The highest BCUT2D eigenvalue weighted by Gasteiger charge is 2.30. The summed E-state index contributed by atoms with van der Waals surface area (Å²) >= 11 is 0. The standard InChI is InChI=1S/C16H16N2O/c17-15-13(11-6-2-1-3-7-11)10-12-8-4-5-9-14(12)18-16(15)19/h1-9,13,15H,10,17H2,(H,18,19)/t13-,15-/m1/s1. The summed E-state index contributed by atoms with van der Waals surface area (Å²) in [7, 11) is 0. The van der Waals surface area contributed by atoms with Crippen LogP contribution in [-0.4, -0.2) is 11.9 Å². The minimum atomic E-state index is -0.519. The Hall–Kier alpha value is -2.13. The van der Waals surface area contributed by atoms with Gasteiger partial charge in [0.25, 0.3) is 0 Å². The molecule has 3 rings (SSSR count). The largest absolute Gasteiger partial charge is 0.324 e. The Kier molecular flexibility index (Phi) is 3.05. The highest BCUT2D eigenvalue weighted by atomic mass is 16.2. The molecule has 1 aliphatic rings. The average Bonchev–Trinajstić information content (AvgIpc) is 2.58. The summed E-state index contributed by atoms with van der Waals surface area (Å²) < 4.78 is 0. The Morgan fingerprint density at radius 3 is 2.47 bits per heavy atom. The molecule has 3 N–H and O–H groups in total. The number of carbonyl (C=O) groups excluding carboxylic acids is 1. The highest BCUT2D eigenvalue weighted by molar-refractivity contribution is 5.97. The van der Waals surface area contributed by atoms with E-state index in [0.29, 0.717) is 0 Å². The second-order valence-electron chi connectivity index (χ2n) is 4.89. The first-order valence-electron chi connectivity index (χ1n) is 6.45. The van der Waals surface area contributed by atoms with E-state index in [1.54, 1.807) is 0 Å². The van der Waals surface area contributed by atoms with Crippen LogP contribution in [0.25, 0.3) is 0 Å². The first kappa shape index (κ1) is 11.9. The van der Waals surface area contributed by atoms with Crippen LogP contribution >= 0.6 is 0 Å². The summed E-state index contributed by atoms with van der Waals surface area (Å²) in [4.78, 5) is 12.1. The third-order valence-electron chi connectivity index (χ3n) is 3.68. The Balaban J connectivity index is 2.03. The van der Waals surface area contributed by atoms with Gasteiger partial charge in [-0.25, -0.2) is 0 Å². The predicted octanol–water partition coefficient (Wildman–Crippen LogP) is 2.29. The molecular weight excluding hydrogens is 236 g/mol. The van der Waals surface area contributed by atoms with Crippen molar-refractivity contribution in [2.75, 3.05) is 5.32 Å². The number of para-hydroxylation sites is 1. The number of benzene rings is 2. The van der Waals surface area contributed by atoms with E-state index in [-0.39, 0.29) is 11.8 Å². The Labute approximate surface area is 112 Å². The lowest BCUT2D eigenvalue weighted by Gasteiger charge is -2.20. The van der Waals surface area contributed by atoms with Gasteiger partial charge in [0.15, 0.2) is 0 Å². The molecule has 1 aliphatic heterocycles. The van der Waals surface area contributed by atoms with Crippen LogP contribution in [0.2, 0.25) is 0 Å². The van der Waals surface area contributed by atoms with E-state index in [9.17, 15) is 4.79 Å². The van der Waals surface area contributed by atoms with E-state index >= 15 is 0 Å². The SMILES string of the molecule is N[C@H]1C(=O)Nc2ccccc2C[C@@H]1c1ccccc1. The van der Waals surface area contributed by atoms with E-state index in [4.69, 9.17) is 5.73 Å². The number of carbonyl (C=O) groups is 1. The zero-order chi connectivity index (χ0) is 13.2. The van der Waals surface area contributed by atoms with Gasteiger partial charge >= 0.3 is 0 Å². The summed E-state index contributed by atoms with van der Waals surface area (Å²) in [5, 5.41) is 2.91. The fraction of sp³-hybridized carbons (Fsp3) is 0.188. The van der Waals surface area contributed by atoms with Crippen molar-refractivity contribution in [2.45, 2.75) is 18.4 Å². The molecule has 0 aliphatic carbocycles. The molecule has 0 radical (unpaired) electrons. The molecule has 2 aromatic rings. The summed E-state index contributed by atoms with van der Waals surface area (Å²) in [6.07, 6.45) is 0.778. The molecule has 0 bridgehead atoms. The fourth-order valence-electron chi connectivity index (χ4n) is 2.61. The molecule has 2 atom stereocenters. The first-order chi connectivity index (χ1) is 9.25. The molecule has 0 saturated carbocycles. The van der Waals surface area contributed by atoms with Crippen molar-refractivity contribution >= 4 is 11.6 Å². The minimum Gasteiger partial charge on any atom is -0.324 e. The number of hydrogen-bond donors (Lipinski definition) is 2. The fourth-order valence-corrected chi connectivity index (χ4v) is 2.61. The van der Waals surface area contributed by atoms with Gasteiger partial charge in [0, 0.05) is 11.6 Å². The van der Waals surface area contributed by atoms with Crippen LogP contribution in [0.15, 0.2) is 54.6 Å². The van der Waals surface area contributed by atoms with Gasteiger partial charge in [0.05, 0.1) is 6.04 Å². The van der Waals surface area contributed by atoms with Gasteiger partial charge < -0.3 is 11.1 Å². The molecule has 0 fully saturated rings. The van der Waals surface area contributed by atoms with Crippen molar-refractivity contribution in [3.63, 3.8) is 0 Å². The zero-order valence-corrected chi connectivity index (χ0v) is 10.5. The average molecular weight is 252 g/mol. The molecule has 0 aromatic heterocycles. The molecule has 96 valence electrons. The Bertz CT molecular complexity index is 595. The molecular formula is C16H16N2O. The lowest BCUT2D eigenvalue weighted by molar-refractivity contribution is -0.117. The second kappa shape index (κ2) is 4.86. The number of anilines is 1. The third-order valence-corrected chi connectivity index (χ3v) is 3.68. The number of nitrogens with one attached hydrogen (secondary N) is 1. The highest BCUT2D eigenvalue weighted by Crippen LogP contribution is 2.30. The van der Waals surface area contributed by atoms with Gasteiger partial charge in [0.1, 0.15) is 0 Å². The predicted molar refractivity (Wildman–Crippen MR) is 75.9 cm³/mol. The maximum absolute atomic E-state index is 12.1. The van der Waals surface area contributed by atoms with Crippen LogP contribution in [0.4, 0.5) is 5.69 Å². The van der Waals surface area contributed by atoms with Crippen LogP contribution < -0.4 is 11.1 Å². The van der Waals surface area contributed by atoms with Crippen LogP contribution in [0.3, 0.4) is 0 Å². The molecule has 1 amide bonds. The number of rotatable bonds is 1. The van der Waals surface area contributed by atoms with Crippen molar-refractivity contribution < 1.29 is 4.79 Å². The van der Waals surface area contributed by atoms with Crippen LogP contribution in [0.5, 0.6) is 0 Å². The van der Waals surface area contributed by atoms with Gasteiger partial charge in [-0.05, 0) is 23.6 Å². The Morgan fingerprint density at radius 2 is 1.68 bits per heavy atom. The lowest BCUT2D eigenvalue weighted by atomic mass is 9.87. The summed E-state index contributed by atoms with van der Waals surface area (Å²) in [5.41, 5.74) is 9.25. The van der Waals surface area contributed by atoms with Gasteiger partial charge in [-0.1, -0.05) is 48.5 Å². The number of fused-ring (bicyclic) bond motifs is 1. The monoisotopic (exact) mass is 252 g/mol. The third kappa shape index (κ3) is 2.25. The smallest absolute Gasteiger partial charge is 0.241 e. The minimum absolute atomic E-state index is 0.0184. The van der Waals surface area contributed by atoms with Gasteiger partial charge in [-0.3, -0.25) is 4.79 Å². The van der Waals surface area contributed by atoms with E-state index in [0.717, 1.165) is 23.2 Å². The van der Waals surface area contributed by atoms with Crippen molar-refractivity contribution in [3.05, 3.63) is 65.7 Å². The normalized spacial score (nSPS) is 22.3. The molecule has 0 saturated heterocycles. The number of hydrogen-bond acceptors (Lipinski definition) is 2. The molecule has 0 unspecified atom stereocenters. The van der Waals surface area contributed by atoms with Gasteiger partial charge in [-0.2, -0.15) is 0 Å². The van der Waals surface area contributed by atoms with Crippen LogP contribution in [-0.2, 0) is 11.2 Å².